The molecule has 4 heteroatoms. The number of hydrogen-bond acceptors (Lipinski definition) is 2. The predicted molar refractivity (Wildman–Crippen MR) is 69.5 cm³/mol. The van der Waals surface area contributed by atoms with Crippen molar-refractivity contribution in [3.05, 3.63) is 55.6 Å². The third kappa shape index (κ3) is 2.42. The van der Waals surface area contributed by atoms with Crippen LogP contribution in [0.3, 0.4) is 0 Å². The summed E-state index contributed by atoms with van der Waals surface area (Å²) in [5, 5.41) is 4.77. The van der Waals surface area contributed by atoms with Gasteiger partial charge in [0.15, 0.2) is 0 Å². The van der Waals surface area contributed by atoms with Crippen molar-refractivity contribution in [3.63, 3.8) is 0 Å². The fourth-order valence-electron chi connectivity index (χ4n) is 1.35. The Balaban J connectivity index is 2.34. The summed E-state index contributed by atoms with van der Waals surface area (Å²) in [6.45, 7) is 0. The van der Waals surface area contributed by atoms with E-state index in [2.05, 4.69) is 21.3 Å². The maximum absolute atomic E-state index is 6.11. The first-order valence-electron chi connectivity index (χ1n) is 4.41. The Kier molecular flexibility index (Phi) is 3.46. The Morgan fingerprint density at radius 2 is 2.07 bits per heavy atom. The Labute approximate surface area is 106 Å². The van der Waals surface area contributed by atoms with Crippen LogP contribution in [0.2, 0.25) is 5.02 Å². The topological polar surface area (TPSA) is 26.0 Å². The van der Waals surface area contributed by atoms with Crippen LogP contribution in [0.1, 0.15) is 17.2 Å². The summed E-state index contributed by atoms with van der Waals surface area (Å²) in [6.07, 6.45) is 0. The van der Waals surface area contributed by atoms with Crippen LogP contribution in [-0.4, -0.2) is 0 Å². The van der Waals surface area contributed by atoms with E-state index in [1.165, 1.54) is 0 Å². The standard InChI is InChI=1S/C11H9BrClNS/c12-9-2-1-7(5-10(9)13)11(14)8-3-4-15-6-8/h1-6,11H,14H2. The molecule has 0 aliphatic rings. The van der Waals surface area contributed by atoms with Gasteiger partial charge in [0.2, 0.25) is 0 Å². The molecular formula is C11H9BrClNS. The summed E-state index contributed by atoms with van der Waals surface area (Å²) in [4.78, 5) is 0. The van der Waals surface area contributed by atoms with Crippen molar-refractivity contribution < 1.29 is 0 Å². The highest BCUT2D eigenvalue weighted by atomic mass is 79.9. The lowest BCUT2D eigenvalue weighted by Gasteiger charge is -2.11. The maximum atomic E-state index is 6.11. The van der Waals surface area contributed by atoms with E-state index in [4.69, 9.17) is 17.3 Å². The van der Waals surface area contributed by atoms with Crippen molar-refractivity contribution >= 4 is 38.9 Å². The molecule has 1 nitrogen and oxygen atoms in total. The molecule has 15 heavy (non-hydrogen) atoms. The molecule has 0 aliphatic carbocycles. The molecule has 1 aromatic heterocycles. The van der Waals surface area contributed by atoms with Crippen LogP contribution in [0.25, 0.3) is 0 Å². The average Bonchev–Trinajstić information content (AvgIpc) is 2.74. The number of halogens is 2. The maximum Gasteiger partial charge on any atom is 0.0560 e. The number of rotatable bonds is 2. The molecule has 78 valence electrons. The van der Waals surface area contributed by atoms with Crippen LogP contribution in [-0.2, 0) is 0 Å². The first-order chi connectivity index (χ1) is 7.18. The van der Waals surface area contributed by atoms with Crippen molar-refractivity contribution in [2.45, 2.75) is 6.04 Å². The van der Waals surface area contributed by atoms with E-state index >= 15 is 0 Å². The third-order valence-electron chi connectivity index (χ3n) is 2.21. The van der Waals surface area contributed by atoms with Gasteiger partial charge in [0.25, 0.3) is 0 Å². The SMILES string of the molecule is NC(c1ccsc1)c1ccc(Br)c(Cl)c1. The van der Waals surface area contributed by atoms with Gasteiger partial charge in [-0.1, -0.05) is 17.7 Å². The molecule has 0 bridgehead atoms. The third-order valence-corrected chi connectivity index (χ3v) is 4.14. The fraction of sp³-hybridized carbons (Fsp3) is 0.0909. The minimum Gasteiger partial charge on any atom is -0.320 e. The van der Waals surface area contributed by atoms with Crippen LogP contribution in [0.4, 0.5) is 0 Å². The van der Waals surface area contributed by atoms with Gasteiger partial charge in [0, 0.05) is 4.47 Å². The zero-order valence-electron chi connectivity index (χ0n) is 7.78. The normalized spacial score (nSPS) is 12.7. The van der Waals surface area contributed by atoms with E-state index in [1.54, 1.807) is 11.3 Å². The highest BCUT2D eigenvalue weighted by molar-refractivity contribution is 9.10. The Morgan fingerprint density at radius 3 is 2.67 bits per heavy atom. The largest absolute Gasteiger partial charge is 0.320 e. The minimum atomic E-state index is -0.0955. The van der Waals surface area contributed by atoms with Gasteiger partial charge in [-0.25, -0.2) is 0 Å². The van der Waals surface area contributed by atoms with Crippen LogP contribution < -0.4 is 5.73 Å². The van der Waals surface area contributed by atoms with Crippen LogP contribution in [0.5, 0.6) is 0 Å². The molecule has 0 saturated heterocycles. The van der Waals surface area contributed by atoms with Gasteiger partial charge in [0.05, 0.1) is 11.1 Å². The van der Waals surface area contributed by atoms with E-state index in [0.29, 0.717) is 5.02 Å². The van der Waals surface area contributed by atoms with E-state index in [1.807, 2.05) is 29.6 Å². The molecule has 0 saturated carbocycles. The van der Waals surface area contributed by atoms with Crippen molar-refractivity contribution in [2.24, 2.45) is 5.73 Å². The molecule has 0 radical (unpaired) electrons. The lowest BCUT2D eigenvalue weighted by atomic mass is 10.0. The van der Waals surface area contributed by atoms with Gasteiger partial charge in [-0.2, -0.15) is 11.3 Å². The molecule has 0 aliphatic heterocycles. The summed E-state index contributed by atoms with van der Waals surface area (Å²) in [5.41, 5.74) is 8.27. The molecule has 2 rings (SSSR count). The van der Waals surface area contributed by atoms with E-state index in [-0.39, 0.29) is 6.04 Å². The smallest absolute Gasteiger partial charge is 0.0560 e. The summed E-state index contributed by atoms with van der Waals surface area (Å²) < 4.78 is 0.894. The molecule has 0 amide bonds. The predicted octanol–water partition coefficient (Wildman–Crippen LogP) is 4.21. The lowest BCUT2D eigenvalue weighted by Crippen LogP contribution is -2.10. The minimum absolute atomic E-state index is 0.0955. The number of nitrogens with two attached hydrogens (primary N) is 1. The van der Waals surface area contributed by atoms with Crippen molar-refractivity contribution in [3.8, 4) is 0 Å². The molecular weight excluding hydrogens is 294 g/mol. The monoisotopic (exact) mass is 301 g/mol. The van der Waals surface area contributed by atoms with Crippen molar-refractivity contribution in [2.75, 3.05) is 0 Å². The molecule has 1 heterocycles. The van der Waals surface area contributed by atoms with E-state index in [0.717, 1.165) is 15.6 Å². The first-order valence-corrected chi connectivity index (χ1v) is 6.52. The highest BCUT2D eigenvalue weighted by Crippen LogP contribution is 2.28. The van der Waals surface area contributed by atoms with Gasteiger partial charge >= 0.3 is 0 Å². The van der Waals surface area contributed by atoms with E-state index < -0.39 is 0 Å². The molecule has 2 aromatic rings. The fourth-order valence-corrected chi connectivity index (χ4v) is 2.48. The second-order valence-electron chi connectivity index (χ2n) is 3.21. The molecule has 1 aromatic carbocycles. The Hall–Kier alpha value is -0.350. The van der Waals surface area contributed by atoms with Gasteiger partial charge in [-0.05, 0) is 56.0 Å². The van der Waals surface area contributed by atoms with Gasteiger partial charge in [-0.15, -0.1) is 0 Å². The number of thiophene rings is 1. The Bertz CT molecular complexity index is 456. The lowest BCUT2D eigenvalue weighted by molar-refractivity contribution is 0.876. The van der Waals surface area contributed by atoms with Gasteiger partial charge in [-0.3, -0.25) is 0 Å². The average molecular weight is 303 g/mol. The molecule has 2 N–H and O–H groups in total. The Morgan fingerprint density at radius 1 is 1.27 bits per heavy atom. The van der Waals surface area contributed by atoms with Gasteiger partial charge in [0.1, 0.15) is 0 Å². The molecule has 1 unspecified atom stereocenters. The summed E-state index contributed by atoms with van der Waals surface area (Å²) in [6, 6.07) is 7.74. The second-order valence-corrected chi connectivity index (χ2v) is 5.25. The molecule has 0 spiro atoms. The summed E-state index contributed by atoms with van der Waals surface area (Å²) in [5.74, 6) is 0. The second kappa shape index (κ2) is 4.66. The quantitative estimate of drug-likeness (QED) is 0.883. The van der Waals surface area contributed by atoms with Crippen molar-refractivity contribution in [1.82, 2.24) is 0 Å². The summed E-state index contributed by atoms with van der Waals surface area (Å²) in [7, 11) is 0. The van der Waals surface area contributed by atoms with Crippen LogP contribution in [0.15, 0.2) is 39.5 Å². The van der Waals surface area contributed by atoms with Crippen molar-refractivity contribution in [1.29, 1.82) is 0 Å². The molecule has 0 fully saturated rings. The van der Waals surface area contributed by atoms with Crippen LogP contribution >= 0.6 is 38.9 Å². The highest BCUT2D eigenvalue weighted by Gasteiger charge is 2.10. The van der Waals surface area contributed by atoms with E-state index in [9.17, 15) is 0 Å². The number of hydrogen-bond donors (Lipinski definition) is 1. The number of benzene rings is 1. The summed E-state index contributed by atoms with van der Waals surface area (Å²) >= 11 is 11.0. The molecule has 1 atom stereocenters. The van der Waals surface area contributed by atoms with Gasteiger partial charge < -0.3 is 5.73 Å². The first kappa shape index (κ1) is 11.1. The zero-order chi connectivity index (χ0) is 10.8. The van der Waals surface area contributed by atoms with Crippen LogP contribution in [0, 0.1) is 0 Å². The zero-order valence-corrected chi connectivity index (χ0v) is 10.9.